The van der Waals surface area contributed by atoms with Crippen LogP contribution in [-0.4, -0.2) is 22.2 Å². The fraction of sp³-hybridized carbons (Fsp3) is 0.176. The quantitative estimate of drug-likeness (QED) is 0.529. The normalized spacial score (nSPS) is 11.8. The van der Waals surface area contributed by atoms with Crippen molar-refractivity contribution in [1.29, 1.82) is 0 Å². The second-order valence-electron chi connectivity index (χ2n) is 5.08. The van der Waals surface area contributed by atoms with Crippen molar-refractivity contribution < 1.29 is 14.7 Å². The second kappa shape index (κ2) is 8.08. The third-order valence-corrected chi connectivity index (χ3v) is 4.96. The lowest BCUT2D eigenvalue weighted by Crippen LogP contribution is -2.24. The Morgan fingerprint density at radius 3 is 2.67 bits per heavy atom. The summed E-state index contributed by atoms with van der Waals surface area (Å²) in [5.41, 5.74) is 6.73. The fourth-order valence-corrected chi connectivity index (χ4v) is 3.23. The number of aromatic carboxylic acids is 1. The van der Waals surface area contributed by atoms with E-state index in [1.807, 2.05) is 19.1 Å². The summed E-state index contributed by atoms with van der Waals surface area (Å²) in [5.74, 6) is -1.32. The van der Waals surface area contributed by atoms with Crippen LogP contribution >= 0.6 is 23.4 Å². The third-order valence-electron chi connectivity index (χ3n) is 3.27. The van der Waals surface area contributed by atoms with E-state index in [9.17, 15) is 9.59 Å². The van der Waals surface area contributed by atoms with E-state index in [1.165, 1.54) is 30.0 Å². The van der Waals surface area contributed by atoms with Gasteiger partial charge in [0.15, 0.2) is 0 Å². The van der Waals surface area contributed by atoms with Gasteiger partial charge in [-0.3, -0.25) is 4.79 Å². The lowest BCUT2D eigenvalue weighted by molar-refractivity contribution is -0.115. The van der Waals surface area contributed by atoms with Crippen molar-refractivity contribution in [3.05, 3.63) is 53.1 Å². The molecular formula is C17H17ClN2O3S. The number of halogens is 1. The molecule has 0 aliphatic heterocycles. The Balaban J connectivity index is 2.15. The van der Waals surface area contributed by atoms with Crippen molar-refractivity contribution in [2.45, 2.75) is 23.5 Å². The molecule has 0 heterocycles. The standard InChI is InChI=1S/C17H17ClN2O3S/c1-2-15(24-12-5-3-4-11(19)9-12)16(21)20-14-8-10(17(22)23)6-7-13(14)18/h3-9,15H,2,19H2,1H3,(H,20,21)(H,22,23). The molecule has 0 fully saturated rings. The van der Waals surface area contributed by atoms with Crippen LogP contribution in [0.4, 0.5) is 11.4 Å². The molecule has 0 bridgehead atoms. The monoisotopic (exact) mass is 364 g/mol. The first kappa shape index (κ1) is 18.2. The zero-order valence-corrected chi connectivity index (χ0v) is 14.5. The maximum atomic E-state index is 12.5. The largest absolute Gasteiger partial charge is 0.478 e. The van der Waals surface area contributed by atoms with E-state index >= 15 is 0 Å². The van der Waals surface area contributed by atoms with Gasteiger partial charge in [0.25, 0.3) is 0 Å². The van der Waals surface area contributed by atoms with E-state index in [1.54, 1.807) is 12.1 Å². The first-order valence-electron chi connectivity index (χ1n) is 7.26. The van der Waals surface area contributed by atoms with E-state index in [2.05, 4.69) is 5.32 Å². The Morgan fingerprint density at radius 2 is 2.04 bits per heavy atom. The van der Waals surface area contributed by atoms with Gasteiger partial charge < -0.3 is 16.2 Å². The molecule has 0 aliphatic rings. The van der Waals surface area contributed by atoms with Crippen molar-refractivity contribution in [3.8, 4) is 0 Å². The second-order valence-corrected chi connectivity index (χ2v) is 6.76. The molecule has 2 aromatic carbocycles. The molecule has 126 valence electrons. The number of carboxylic acids is 1. The molecule has 1 atom stereocenters. The fourth-order valence-electron chi connectivity index (χ4n) is 2.04. The molecular weight excluding hydrogens is 348 g/mol. The summed E-state index contributed by atoms with van der Waals surface area (Å²) in [4.78, 5) is 24.4. The maximum Gasteiger partial charge on any atom is 0.335 e. The zero-order chi connectivity index (χ0) is 17.7. The number of nitrogen functional groups attached to an aromatic ring is 1. The van der Waals surface area contributed by atoms with Crippen LogP contribution in [0.5, 0.6) is 0 Å². The SMILES string of the molecule is CCC(Sc1cccc(N)c1)C(=O)Nc1cc(C(=O)O)ccc1Cl. The minimum Gasteiger partial charge on any atom is -0.478 e. The predicted molar refractivity (Wildman–Crippen MR) is 97.8 cm³/mol. The van der Waals surface area contributed by atoms with Gasteiger partial charge in [-0.25, -0.2) is 4.79 Å². The summed E-state index contributed by atoms with van der Waals surface area (Å²) in [7, 11) is 0. The Labute approximate surface area is 149 Å². The smallest absolute Gasteiger partial charge is 0.335 e. The summed E-state index contributed by atoms with van der Waals surface area (Å²) >= 11 is 7.44. The molecule has 7 heteroatoms. The highest BCUT2D eigenvalue weighted by molar-refractivity contribution is 8.00. The number of benzene rings is 2. The zero-order valence-electron chi connectivity index (χ0n) is 13.0. The molecule has 0 spiro atoms. The Kier molecular flexibility index (Phi) is 6.11. The highest BCUT2D eigenvalue weighted by Crippen LogP contribution is 2.29. The molecule has 0 aromatic heterocycles. The van der Waals surface area contributed by atoms with E-state index in [-0.39, 0.29) is 27.4 Å². The average molecular weight is 365 g/mol. The molecule has 0 aliphatic carbocycles. The lowest BCUT2D eigenvalue weighted by Gasteiger charge is -2.16. The molecule has 0 saturated heterocycles. The number of hydrogen-bond donors (Lipinski definition) is 3. The van der Waals surface area contributed by atoms with Gasteiger partial charge in [-0.1, -0.05) is 24.6 Å². The maximum absolute atomic E-state index is 12.5. The van der Waals surface area contributed by atoms with E-state index < -0.39 is 5.97 Å². The number of carboxylic acid groups (broad SMARTS) is 1. The first-order valence-corrected chi connectivity index (χ1v) is 8.52. The number of hydrogen-bond acceptors (Lipinski definition) is 4. The number of nitrogens with two attached hydrogens (primary N) is 1. The van der Waals surface area contributed by atoms with E-state index in [4.69, 9.17) is 22.4 Å². The summed E-state index contributed by atoms with van der Waals surface area (Å²) in [6.07, 6.45) is 0.599. The van der Waals surface area contributed by atoms with Crippen molar-refractivity contribution in [2.75, 3.05) is 11.1 Å². The van der Waals surface area contributed by atoms with Crippen LogP contribution < -0.4 is 11.1 Å². The number of amides is 1. The first-order chi connectivity index (χ1) is 11.4. The van der Waals surface area contributed by atoms with Crippen LogP contribution in [0.3, 0.4) is 0 Å². The van der Waals surface area contributed by atoms with E-state index in [0.717, 1.165) is 4.90 Å². The number of carbonyl (C=O) groups excluding carboxylic acids is 1. The van der Waals surface area contributed by atoms with Gasteiger partial charge in [0.05, 0.1) is 21.5 Å². The van der Waals surface area contributed by atoms with Crippen LogP contribution in [0.1, 0.15) is 23.7 Å². The Bertz CT molecular complexity index is 767. The lowest BCUT2D eigenvalue weighted by atomic mass is 10.2. The Hall–Kier alpha value is -2.18. The van der Waals surface area contributed by atoms with Gasteiger partial charge in [-0.2, -0.15) is 0 Å². The number of nitrogens with one attached hydrogen (secondary N) is 1. The number of carbonyl (C=O) groups is 2. The number of anilines is 2. The summed E-state index contributed by atoms with van der Waals surface area (Å²) in [6, 6.07) is 11.5. The molecule has 1 amide bonds. The number of thioether (sulfide) groups is 1. The van der Waals surface area contributed by atoms with Gasteiger partial charge in [-0.05, 0) is 42.8 Å². The molecule has 1 unspecified atom stereocenters. The molecule has 24 heavy (non-hydrogen) atoms. The van der Waals surface area contributed by atoms with Crippen LogP contribution in [-0.2, 0) is 4.79 Å². The van der Waals surface area contributed by atoms with Gasteiger partial charge >= 0.3 is 5.97 Å². The molecule has 0 radical (unpaired) electrons. The molecule has 0 saturated carbocycles. The molecule has 2 rings (SSSR count). The molecule has 2 aromatic rings. The third kappa shape index (κ3) is 4.66. The summed E-state index contributed by atoms with van der Waals surface area (Å²) < 4.78 is 0. The van der Waals surface area contributed by atoms with Crippen LogP contribution in [0.2, 0.25) is 5.02 Å². The topological polar surface area (TPSA) is 92.4 Å². The number of rotatable bonds is 6. The summed E-state index contributed by atoms with van der Waals surface area (Å²) in [5, 5.41) is 11.7. The summed E-state index contributed by atoms with van der Waals surface area (Å²) in [6.45, 7) is 1.90. The minimum atomic E-state index is -1.08. The average Bonchev–Trinajstić information content (AvgIpc) is 2.54. The van der Waals surface area contributed by atoms with Crippen molar-refractivity contribution in [3.63, 3.8) is 0 Å². The predicted octanol–water partition coefficient (Wildman–Crippen LogP) is 4.13. The van der Waals surface area contributed by atoms with Crippen molar-refractivity contribution in [1.82, 2.24) is 0 Å². The highest BCUT2D eigenvalue weighted by atomic mass is 35.5. The van der Waals surface area contributed by atoms with Crippen molar-refractivity contribution in [2.24, 2.45) is 0 Å². The van der Waals surface area contributed by atoms with Gasteiger partial charge in [0.1, 0.15) is 0 Å². The van der Waals surface area contributed by atoms with E-state index in [0.29, 0.717) is 12.1 Å². The van der Waals surface area contributed by atoms with Crippen LogP contribution in [0.25, 0.3) is 0 Å². The van der Waals surface area contributed by atoms with Gasteiger partial charge in [-0.15, -0.1) is 11.8 Å². The minimum absolute atomic E-state index is 0.0613. The van der Waals surface area contributed by atoms with Crippen molar-refractivity contribution >= 4 is 46.6 Å². The van der Waals surface area contributed by atoms with Crippen LogP contribution in [0.15, 0.2) is 47.4 Å². The molecule has 4 N–H and O–H groups in total. The van der Waals surface area contributed by atoms with Gasteiger partial charge in [0.2, 0.25) is 5.91 Å². The highest BCUT2D eigenvalue weighted by Gasteiger charge is 2.19. The van der Waals surface area contributed by atoms with Gasteiger partial charge in [0, 0.05) is 10.6 Å². The van der Waals surface area contributed by atoms with Crippen LogP contribution in [0, 0.1) is 0 Å². The molecule has 5 nitrogen and oxygen atoms in total. The Morgan fingerprint density at radius 1 is 1.29 bits per heavy atom.